The zero-order chi connectivity index (χ0) is 12.4. The molecule has 1 aliphatic heterocycles. The number of halogens is 1. The molecule has 0 radical (unpaired) electrons. The molecule has 0 unspecified atom stereocenters. The Morgan fingerprint density at radius 3 is 2.89 bits per heavy atom. The third-order valence-corrected chi connectivity index (χ3v) is 4.76. The molecule has 1 saturated heterocycles. The number of thiophene rings is 1. The number of H-pyrrole nitrogens is 1. The van der Waals surface area contributed by atoms with Crippen molar-refractivity contribution in [2.45, 2.75) is 18.9 Å². The summed E-state index contributed by atoms with van der Waals surface area (Å²) < 4.78 is 1.14. The van der Waals surface area contributed by atoms with E-state index in [1.165, 1.54) is 4.88 Å². The maximum Gasteiger partial charge on any atom is 0.148 e. The van der Waals surface area contributed by atoms with E-state index >= 15 is 0 Å². The molecule has 96 valence electrons. The minimum Gasteiger partial charge on any atom is -0.366 e. The number of aromatic nitrogens is 2. The number of nitrogens with one attached hydrogen (secondary N) is 3. The van der Waals surface area contributed by atoms with E-state index in [0.717, 1.165) is 41.2 Å². The normalized spacial score (nSPS) is 16.9. The Morgan fingerprint density at radius 1 is 1.33 bits per heavy atom. The highest BCUT2D eigenvalue weighted by atomic mass is 79.9. The van der Waals surface area contributed by atoms with Crippen molar-refractivity contribution in [2.24, 2.45) is 0 Å². The van der Waals surface area contributed by atoms with Crippen molar-refractivity contribution >= 4 is 33.1 Å². The fraction of sp³-hybridized carbons (Fsp3) is 0.417. The molecule has 0 atom stereocenters. The molecular weight excluding hydrogens is 312 g/mol. The van der Waals surface area contributed by atoms with Gasteiger partial charge in [-0.3, -0.25) is 5.10 Å². The Balaban J connectivity index is 1.69. The van der Waals surface area contributed by atoms with Crippen molar-refractivity contribution in [1.29, 1.82) is 0 Å². The van der Waals surface area contributed by atoms with Crippen LogP contribution in [-0.4, -0.2) is 29.3 Å². The van der Waals surface area contributed by atoms with E-state index in [4.69, 9.17) is 0 Å². The summed E-state index contributed by atoms with van der Waals surface area (Å²) in [6.45, 7) is 2.18. The van der Waals surface area contributed by atoms with Gasteiger partial charge in [-0.15, -0.1) is 11.3 Å². The topological polar surface area (TPSA) is 52.7 Å². The van der Waals surface area contributed by atoms with Crippen molar-refractivity contribution in [1.82, 2.24) is 15.5 Å². The van der Waals surface area contributed by atoms with Gasteiger partial charge in [0.1, 0.15) is 5.82 Å². The Kier molecular flexibility index (Phi) is 3.67. The lowest BCUT2D eigenvalue weighted by Crippen LogP contribution is -2.35. The van der Waals surface area contributed by atoms with E-state index < -0.39 is 0 Å². The van der Waals surface area contributed by atoms with Gasteiger partial charge in [-0.1, -0.05) is 0 Å². The predicted octanol–water partition coefficient (Wildman–Crippen LogP) is 3.06. The minimum absolute atomic E-state index is 0.539. The molecule has 0 spiro atoms. The second-order valence-electron chi connectivity index (χ2n) is 4.44. The first-order valence-corrected chi connectivity index (χ1v) is 7.70. The molecule has 0 amide bonds. The summed E-state index contributed by atoms with van der Waals surface area (Å²) >= 11 is 5.19. The molecular formula is C12H15BrN4S. The Morgan fingerprint density at radius 2 is 2.17 bits per heavy atom. The van der Waals surface area contributed by atoms with Crippen LogP contribution < -0.4 is 10.6 Å². The van der Waals surface area contributed by atoms with Gasteiger partial charge >= 0.3 is 0 Å². The molecule has 0 saturated carbocycles. The van der Waals surface area contributed by atoms with Crippen LogP contribution in [0.4, 0.5) is 5.82 Å². The fourth-order valence-corrected chi connectivity index (χ4v) is 3.51. The molecule has 0 aliphatic carbocycles. The summed E-state index contributed by atoms with van der Waals surface area (Å²) in [5, 5.41) is 14.3. The summed E-state index contributed by atoms with van der Waals surface area (Å²) in [5.41, 5.74) is 1.07. The number of piperidine rings is 1. The average molecular weight is 327 g/mol. The summed E-state index contributed by atoms with van der Waals surface area (Å²) in [7, 11) is 0. The molecule has 0 bridgehead atoms. The molecule has 3 rings (SSSR count). The van der Waals surface area contributed by atoms with Crippen LogP contribution in [0.5, 0.6) is 0 Å². The third-order valence-electron chi connectivity index (χ3n) is 3.11. The van der Waals surface area contributed by atoms with Gasteiger partial charge in [-0.25, -0.2) is 0 Å². The van der Waals surface area contributed by atoms with Crippen molar-refractivity contribution in [3.05, 3.63) is 22.0 Å². The maximum absolute atomic E-state index is 4.33. The van der Waals surface area contributed by atoms with Gasteiger partial charge in [-0.2, -0.15) is 5.10 Å². The van der Waals surface area contributed by atoms with E-state index in [1.807, 2.05) is 0 Å². The smallest absolute Gasteiger partial charge is 0.148 e. The van der Waals surface area contributed by atoms with E-state index in [1.54, 1.807) is 11.3 Å². The van der Waals surface area contributed by atoms with Crippen LogP contribution in [0.25, 0.3) is 10.6 Å². The average Bonchev–Trinajstić information content (AvgIpc) is 2.99. The molecule has 6 heteroatoms. The lowest BCUT2D eigenvalue weighted by atomic mass is 10.1. The van der Waals surface area contributed by atoms with Crippen LogP contribution in [0, 0.1) is 0 Å². The standard InChI is InChI=1S/C12H15BrN4S/c13-11-2-1-10(18-11)9-7-12(17-16-9)15-8-3-5-14-6-4-8/h1-2,7-8,14H,3-6H2,(H2,15,16,17). The molecule has 2 aromatic heterocycles. The number of aromatic amines is 1. The number of anilines is 1. The zero-order valence-electron chi connectivity index (χ0n) is 9.87. The first-order chi connectivity index (χ1) is 8.81. The summed E-state index contributed by atoms with van der Waals surface area (Å²) in [6, 6.07) is 6.77. The number of nitrogens with zero attached hydrogens (tertiary/aromatic N) is 1. The molecule has 4 nitrogen and oxygen atoms in total. The van der Waals surface area contributed by atoms with Crippen LogP contribution in [0.1, 0.15) is 12.8 Å². The van der Waals surface area contributed by atoms with Crippen LogP contribution in [-0.2, 0) is 0 Å². The first-order valence-electron chi connectivity index (χ1n) is 6.09. The molecule has 3 N–H and O–H groups in total. The Labute approximate surface area is 118 Å². The van der Waals surface area contributed by atoms with Crippen LogP contribution in [0.3, 0.4) is 0 Å². The molecule has 0 aromatic carbocycles. The lowest BCUT2D eigenvalue weighted by Gasteiger charge is -2.23. The first kappa shape index (κ1) is 12.2. The molecule has 18 heavy (non-hydrogen) atoms. The van der Waals surface area contributed by atoms with Crippen molar-refractivity contribution in [3.63, 3.8) is 0 Å². The lowest BCUT2D eigenvalue weighted by molar-refractivity contribution is 0.478. The van der Waals surface area contributed by atoms with Crippen molar-refractivity contribution < 1.29 is 0 Å². The van der Waals surface area contributed by atoms with E-state index in [0.29, 0.717) is 6.04 Å². The molecule has 2 aromatic rings. The largest absolute Gasteiger partial charge is 0.366 e. The minimum atomic E-state index is 0.539. The molecule has 1 aliphatic rings. The Bertz CT molecular complexity index is 516. The van der Waals surface area contributed by atoms with E-state index in [-0.39, 0.29) is 0 Å². The molecule has 3 heterocycles. The fourth-order valence-electron chi connectivity index (χ4n) is 2.16. The maximum atomic E-state index is 4.33. The van der Waals surface area contributed by atoms with E-state index in [9.17, 15) is 0 Å². The summed E-state index contributed by atoms with van der Waals surface area (Å²) in [5.74, 6) is 0.946. The quantitative estimate of drug-likeness (QED) is 0.812. The highest BCUT2D eigenvalue weighted by Gasteiger charge is 2.14. The van der Waals surface area contributed by atoms with Gasteiger partial charge in [-0.05, 0) is 54.0 Å². The van der Waals surface area contributed by atoms with Gasteiger partial charge in [0.05, 0.1) is 14.4 Å². The second-order valence-corrected chi connectivity index (χ2v) is 6.90. The van der Waals surface area contributed by atoms with E-state index in [2.05, 4.69) is 55.0 Å². The molecule has 1 fully saturated rings. The SMILES string of the molecule is Brc1ccc(-c2cc(NC3CCNCC3)n[nH]2)s1. The van der Waals surface area contributed by atoms with Gasteiger partial charge in [0.25, 0.3) is 0 Å². The highest BCUT2D eigenvalue weighted by Crippen LogP contribution is 2.31. The summed E-state index contributed by atoms with van der Waals surface area (Å²) in [6.07, 6.45) is 2.32. The van der Waals surface area contributed by atoms with Gasteiger partial charge in [0.2, 0.25) is 0 Å². The van der Waals surface area contributed by atoms with Gasteiger partial charge in [0, 0.05) is 12.1 Å². The van der Waals surface area contributed by atoms with Crippen LogP contribution in [0.15, 0.2) is 22.0 Å². The van der Waals surface area contributed by atoms with Crippen molar-refractivity contribution in [3.8, 4) is 10.6 Å². The van der Waals surface area contributed by atoms with Gasteiger partial charge < -0.3 is 10.6 Å². The Hall–Kier alpha value is -0.850. The third kappa shape index (κ3) is 2.76. The van der Waals surface area contributed by atoms with Crippen LogP contribution >= 0.6 is 27.3 Å². The van der Waals surface area contributed by atoms with Gasteiger partial charge in [0.15, 0.2) is 0 Å². The predicted molar refractivity (Wildman–Crippen MR) is 79.1 cm³/mol. The van der Waals surface area contributed by atoms with Crippen molar-refractivity contribution in [2.75, 3.05) is 18.4 Å². The second kappa shape index (κ2) is 5.42. The summed E-state index contributed by atoms with van der Waals surface area (Å²) in [4.78, 5) is 1.20. The highest BCUT2D eigenvalue weighted by molar-refractivity contribution is 9.11. The number of rotatable bonds is 3. The zero-order valence-corrected chi connectivity index (χ0v) is 12.3. The van der Waals surface area contributed by atoms with Crippen LogP contribution in [0.2, 0.25) is 0 Å². The number of hydrogen-bond acceptors (Lipinski definition) is 4. The monoisotopic (exact) mass is 326 g/mol. The number of hydrogen-bond donors (Lipinski definition) is 3.